The normalized spacial score (nSPS) is 18.7. The highest BCUT2D eigenvalue weighted by Crippen LogP contribution is 2.40. The molecule has 2 aliphatic carbocycles. The number of nitrogen functional groups attached to an aromatic ring is 1. The summed E-state index contributed by atoms with van der Waals surface area (Å²) in [5.41, 5.74) is 5.74. The van der Waals surface area contributed by atoms with Gasteiger partial charge in [-0.3, -0.25) is 10.1 Å². The van der Waals surface area contributed by atoms with Gasteiger partial charge in [0.1, 0.15) is 5.82 Å². The summed E-state index contributed by atoms with van der Waals surface area (Å²) in [5.74, 6) is 1.47. The Kier molecular flexibility index (Phi) is 2.57. The second-order valence-corrected chi connectivity index (χ2v) is 5.16. The van der Waals surface area contributed by atoms with Crippen molar-refractivity contribution < 1.29 is 4.92 Å². The fraction of sp³-hybridized carbons (Fsp3) is 0.583. The molecule has 0 aliphatic heterocycles. The van der Waals surface area contributed by atoms with E-state index >= 15 is 0 Å². The number of nitrogens with two attached hydrogens (primary N) is 1. The van der Waals surface area contributed by atoms with Crippen molar-refractivity contribution in [1.29, 1.82) is 0 Å². The van der Waals surface area contributed by atoms with Crippen LogP contribution in [0.2, 0.25) is 0 Å². The van der Waals surface area contributed by atoms with Crippen LogP contribution < -0.4 is 10.6 Å². The molecule has 2 N–H and O–H groups in total. The van der Waals surface area contributed by atoms with Gasteiger partial charge < -0.3 is 10.6 Å². The van der Waals surface area contributed by atoms with E-state index in [-0.39, 0.29) is 10.6 Å². The summed E-state index contributed by atoms with van der Waals surface area (Å²) in [6.45, 7) is 0.877. The highest BCUT2D eigenvalue weighted by molar-refractivity contribution is 5.62. The molecule has 0 atom stereocenters. The standard InChI is InChI=1S/C12H16N4O2/c13-11-6-5-10(16(17)18)12(14-11)15(9-3-4-9)7-8-1-2-8/h5-6,8-9H,1-4,7H2,(H2,13,14). The van der Waals surface area contributed by atoms with Crippen LogP contribution in [-0.4, -0.2) is 22.5 Å². The largest absolute Gasteiger partial charge is 0.384 e. The molecule has 0 bridgehead atoms. The van der Waals surface area contributed by atoms with E-state index in [0.717, 1.165) is 19.4 Å². The van der Waals surface area contributed by atoms with Crippen molar-refractivity contribution in [3.05, 3.63) is 22.2 Å². The SMILES string of the molecule is Nc1ccc([N+](=O)[O-])c(N(CC2CC2)C2CC2)n1. The van der Waals surface area contributed by atoms with Gasteiger partial charge in [-0.2, -0.15) is 0 Å². The number of pyridine rings is 1. The quantitative estimate of drug-likeness (QED) is 0.635. The topological polar surface area (TPSA) is 85.3 Å². The van der Waals surface area contributed by atoms with Crippen molar-refractivity contribution >= 4 is 17.3 Å². The second-order valence-electron chi connectivity index (χ2n) is 5.16. The summed E-state index contributed by atoms with van der Waals surface area (Å²) in [4.78, 5) is 17.0. The van der Waals surface area contributed by atoms with E-state index < -0.39 is 0 Å². The van der Waals surface area contributed by atoms with E-state index in [1.54, 1.807) is 0 Å². The van der Waals surface area contributed by atoms with Gasteiger partial charge in [0.25, 0.3) is 0 Å². The maximum atomic E-state index is 11.1. The summed E-state index contributed by atoms with van der Waals surface area (Å²) < 4.78 is 0. The third-order valence-corrected chi connectivity index (χ3v) is 3.48. The highest BCUT2D eigenvalue weighted by atomic mass is 16.6. The predicted octanol–water partition coefficient (Wildman–Crippen LogP) is 1.95. The van der Waals surface area contributed by atoms with E-state index in [1.165, 1.54) is 25.0 Å². The Morgan fingerprint density at radius 3 is 2.67 bits per heavy atom. The smallest absolute Gasteiger partial charge is 0.311 e. The zero-order valence-electron chi connectivity index (χ0n) is 10.1. The molecule has 96 valence electrons. The molecular formula is C12H16N4O2. The van der Waals surface area contributed by atoms with Crippen molar-refractivity contribution in [2.75, 3.05) is 17.2 Å². The minimum absolute atomic E-state index is 0.0664. The molecule has 0 aromatic carbocycles. The molecular weight excluding hydrogens is 232 g/mol. The van der Waals surface area contributed by atoms with Crippen LogP contribution in [0.25, 0.3) is 0 Å². The number of hydrogen-bond donors (Lipinski definition) is 1. The van der Waals surface area contributed by atoms with Gasteiger partial charge in [0.15, 0.2) is 0 Å². The van der Waals surface area contributed by atoms with Crippen LogP contribution in [0.15, 0.2) is 12.1 Å². The van der Waals surface area contributed by atoms with Crippen LogP contribution in [0.5, 0.6) is 0 Å². The molecule has 0 unspecified atom stereocenters. The number of anilines is 2. The monoisotopic (exact) mass is 248 g/mol. The van der Waals surface area contributed by atoms with Gasteiger partial charge in [-0.05, 0) is 37.7 Å². The average Bonchev–Trinajstić information content (AvgIpc) is 3.18. The number of rotatable bonds is 5. The molecule has 18 heavy (non-hydrogen) atoms. The molecule has 6 heteroatoms. The maximum Gasteiger partial charge on any atom is 0.311 e. The zero-order valence-corrected chi connectivity index (χ0v) is 10.1. The minimum atomic E-state index is -0.371. The first-order valence-electron chi connectivity index (χ1n) is 6.32. The van der Waals surface area contributed by atoms with Crippen LogP contribution in [0.1, 0.15) is 25.7 Å². The lowest BCUT2D eigenvalue weighted by molar-refractivity contribution is -0.384. The van der Waals surface area contributed by atoms with Crippen molar-refractivity contribution in [3.63, 3.8) is 0 Å². The van der Waals surface area contributed by atoms with E-state index in [4.69, 9.17) is 5.73 Å². The van der Waals surface area contributed by atoms with E-state index in [0.29, 0.717) is 23.6 Å². The molecule has 1 aromatic rings. The van der Waals surface area contributed by atoms with E-state index in [2.05, 4.69) is 9.88 Å². The summed E-state index contributed by atoms with van der Waals surface area (Å²) in [6.07, 6.45) is 4.64. The summed E-state index contributed by atoms with van der Waals surface area (Å²) >= 11 is 0. The van der Waals surface area contributed by atoms with E-state index in [1.807, 2.05) is 0 Å². The van der Waals surface area contributed by atoms with Crippen LogP contribution in [-0.2, 0) is 0 Å². The summed E-state index contributed by atoms with van der Waals surface area (Å²) in [7, 11) is 0. The Labute approximate surface area is 105 Å². The van der Waals surface area contributed by atoms with Crippen LogP contribution in [0.3, 0.4) is 0 Å². The Bertz CT molecular complexity index is 483. The van der Waals surface area contributed by atoms with E-state index in [9.17, 15) is 10.1 Å². The fourth-order valence-electron chi connectivity index (χ4n) is 2.18. The van der Waals surface area contributed by atoms with Gasteiger partial charge in [0.05, 0.1) is 4.92 Å². The zero-order chi connectivity index (χ0) is 12.7. The van der Waals surface area contributed by atoms with Crippen LogP contribution in [0, 0.1) is 16.0 Å². The lowest BCUT2D eigenvalue weighted by Crippen LogP contribution is -2.29. The molecule has 1 heterocycles. The Morgan fingerprint density at radius 2 is 2.11 bits per heavy atom. The minimum Gasteiger partial charge on any atom is -0.384 e. The first-order chi connectivity index (χ1) is 8.65. The van der Waals surface area contributed by atoms with Crippen molar-refractivity contribution in [2.24, 2.45) is 5.92 Å². The maximum absolute atomic E-state index is 11.1. The molecule has 0 amide bonds. The molecule has 0 spiro atoms. The van der Waals surface area contributed by atoms with Crippen LogP contribution >= 0.6 is 0 Å². The second kappa shape index (κ2) is 4.12. The Hall–Kier alpha value is -1.85. The number of hydrogen-bond acceptors (Lipinski definition) is 5. The third kappa shape index (κ3) is 2.23. The molecule has 2 fully saturated rings. The van der Waals surface area contributed by atoms with Crippen molar-refractivity contribution in [3.8, 4) is 0 Å². The van der Waals surface area contributed by atoms with Gasteiger partial charge in [-0.1, -0.05) is 0 Å². The lowest BCUT2D eigenvalue weighted by Gasteiger charge is -2.23. The van der Waals surface area contributed by atoms with Gasteiger partial charge >= 0.3 is 5.69 Å². The third-order valence-electron chi connectivity index (χ3n) is 3.48. The van der Waals surface area contributed by atoms with Crippen LogP contribution in [0.4, 0.5) is 17.3 Å². The number of nitrogens with zero attached hydrogens (tertiary/aromatic N) is 3. The van der Waals surface area contributed by atoms with Crippen molar-refractivity contribution in [2.45, 2.75) is 31.7 Å². The number of aromatic nitrogens is 1. The first kappa shape index (κ1) is 11.3. The molecule has 1 aromatic heterocycles. The number of nitro groups is 1. The molecule has 6 nitrogen and oxygen atoms in total. The molecule has 0 radical (unpaired) electrons. The predicted molar refractivity (Wildman–Crippen MR) is 68.4 cm³/mol. The summed E-state index contributed by atoms with van der Waals surface area (Å²) in [5, 5.41) is 11.1. The molecule has 2 saturated carbocycles. The Morgan fingerprint density at radius 1 is 1.39 bits per heavy atom. The first-order valence-corrected chi connectivity index (χ1v) is 6.32. The molecule has 3 rings (SSSR count). The van der Waals surface area contributed by atoms with Gasteiger partial charge in [-0.15, -0.1) is 0 Å². The lowest BCUT2D eigenvalue weighted by atomic mass is 10.3. The highest BCUT2D eigenvalue weighted by Gasteiger charge is 2.37. The van der Waals surface area contributed by atoms with Gasteiger partial charge in [-0.25, -0.2) is 4.98 Å². The molecule has 0 saturated heterocycles. The molecule has 2 aliphatic rings. The van der Waals surface area contributed by atoms with Gasteiger partial charge in [0, 0.05) is 18.7 Å². The fourth-order valence-corrected chi connectivity index (χ4v) is 2.18. The Balaban J connectivity index is 1.95. The summed E-state index contributed by atoms with van der Waals surface area (Å²) in [6, 6.07) is 3.36. The van der Waals surface area contributed by atoms with Gasteiger partial charge in [0.2, 0.25) is 5.82 Å². The van der Waals surface area contributed by atoms with Crippen molar-refractivity contribution in [1.82, 2.24) is 4.98 Å². The average molecular weight is 248 g/mol.